The maximum absolute atomic E-state index is 12.5. The third-order valence-electron chi connectivity index (χ3n) is 3.72. The molecular formula is C14H14ClNO3. The van der Waals surface area contributed by atoms with E-state index in [0.717, 1.165) is 30.3 Å². The maximum Gasteiger partial charge on any atom is 0.426 e. The van der Waals surface area contributed by atoms with Crippen molar-refractivity contribution >= 4 is 28.6 Å². The molecule has 1 aromatic heterocycles. The molecule has 0 radical (unpaired) electrons. The quantitative estimate of drug-likeness (QED) is 0.803. The molecule has 100 valence electrons. The lowest BCUT2D eigenvalue weighted by atomic mass is 9.88. The third-order valence-corrected chi connectivity index (χ3v) is 3.95. The van der Waals surface area contributed by atoms with E-state index in [1.54, 1.807) is 18.2 Å². The van der Waals surface area contributed by atoms with Crippen molar-refractivity contribution in [3.05, 3.63) is 33.8 Å². The van der Waals surface area contributed by atoms with Gasteiger partial charge in [0.15, 0.2) is 5.58 Å². The minimum atomic E-state index is -0.618. The number of carbonyl (C=O) groups is 1. The minimum Gasteiger partial charge on any atom is -0.407 e. The van der Waals surface area contributed by atoms with Gasteiger partial charge in [-0.25, -0.2) is 9.36 Å². The first kappa shape index (κ1) is 12.5. The van der Waals surface area contributed by atoms with Gasteiger partial charge in [-0.2, -0.15) is 0 Å². The SMILES string of the molecule is O=C(C1CCCCC1)n1c(=O)oc2cc(Cl)ccc21. The first-order valence-electron chi connectivity index (χ1n) is 6.52. The Morgan fingerprint density at radius 1 is 1.26 bits per heavy atom. The van der Waals surface area contributed by atoms with E-state index in [1.807, 2.05) is 0 Å². The number of rotatable bonds is 1. The number of halogens is 1. The zero-order valence-electron chi connectivity index (χ0n) is 10.4. The van der Waals surface area contributed by atoms with Gasteiger partial charge in [0.05, 0.1) is 5.52 Å². The van der Waals surface area contributed by atoms with Crippen LogP contribution in [0.3, 0.4) is 0 Å². The highest BCUT2D eigenvalue weighted by molar-refractivity contribution is 6.31. The Morgan fingerprint density at radius 2 is 2.00 bits per heavy atom. The average molecular weight is 280 g/mol. The zero-order valence-corrected chi connectivity index (χ0v) is 11.2. The minimum absolute atomic E-state index is 0.0667. The maximum atomic E-state index is 12.5. The van der Waals surface area contributed by atoms with Crippen LogP contribution in [0.15, 0.2) is 27.4 Å². The van der Waals surface area contributed by atoms with Crippen LogP contribution in [-0.2, 0) is 0 Å². The zero-order chi connectivity index (χ0) is 13.4. The molecule has 1 aliphatic carbocycles. The summed E-state index contributed by atoms with van der Waals surface area (Å²) < 4.78 is 6.25. The molecule has 5 heteroatoms. The second-order valence-corrected chi connectivity index (χ2v) is 5.43. The molecule has 1 fully saturated rings. The van der Waals surface area contributed by atoms with Crippen molar-refractivity contribution in [2.24, 2.45) is 5.92 Å². The smallest absolute Gasteiger partial charge is 0.407 e. The van der Waals surface area contributed by atoms with Crippen molar-refractivity contribution in [1.82, 2.24) is 4.57 Å². The van der Waals surface area contributed by atoms with Gasteiger partial charge < -0.3 is 4.42 Å². The lowest BCUT2D eigenvalue weighted by molar-refractivity contribution is 0.0798. The number of fused-ring (bicyclic) bond motifs is 1. The standard InChI is InChI=1S/C14H14ClNO3/c15-10-6-7-11-12(8-10)19-14(18)16(11)13(17)9-4-2-1-3-5-9/h6-9H,1-5H2. The Hall–Kier alpha value is -1.55. The summed E-state index contributed by atoms with van der Waals surface area (Å²) >= 11 is 5.85. The molecule has 1 heterocycles. The number of benzene rings is 1. The molecule has 19 heavy (non-hydrogen) atoms. The number of aromatic nitrogens is 1. The predicted molar refractivity (Wildman–Crippen MR) is 72.7 cm³/mol. The average Bonchev–Trinajstić information content (AvgIpc) is 2.74. The predicted octanol–water partition coefficient (Wildman–Crippen LogP) is 3.47. The number of oxazole rings is 1. The van der Waals surface area contributed by atoms with Crippen molar-refractivity contribution in [1.29, 1.82) is 0 Å². The Labute approximate surface area is 115 Å². The fraction of sp³-hybridized carbons (Fsp3) is 0.429. The van der Waals surface area contributed by atoms with Gasteiger partial charge in [0.2, 0.25) is 5.91 Å². The first-order valence-corrected chi connectivity index (χ1v) is 6.90. The molecule has 0 saturated heterocycles. The Morgan fingerprint density at radius 3 is 2.74 bits per heavy atom. The van der Waals surface area contributed by atoms with Gasteiger partial charge in [0, 0.05) is 17.0 Å². The highest BCUT2D eigenvalue weighted by Crippen LogP contribution is 2.26. The van der Waals surface area contributed by atoms with E-state index >= 15 is 0 Å². The van der Waals surface area contributed by atoms with E-state index in [2.05, 4.69) is 0 Å². The number of carbonyl (C=O) groups excluding carboxylic acids is 1. The van der Waals surface area contributed by atoms with Gasteiger partial charge in [-0.15, -0.1) is 0 Å². The van der Waals surface area contributed by atoms with Crippen molar-refractivity contribution in [2.75, 3.05) is 0 Å². The third kappa shape index (κ3) is 2.21. The van der Waals surface area contributed by atoms with E-state index in [-0.39, 0.29) is 11.8 Å². The van der Waals surface area contributed by atoms with Crippen LogP contribution in [0.5, 0.6) is 0 Å². The summed E-state index contributed by atoms with van der Waals surface area (Å²) in [5.74, 6) is -0.832. The lowest BCUT2D eigenvalue weighted by Crippen LogP contribution is -2.30. The molecule has 0 unspecified atom stereocenters. The van der Waals surface area contributed by atoms with E-state index in [1.165, 1.54) is 6.42 Å². The van der Waals surface area contributed by atoms with Crippen molar-refractivity contribution in [2.45, 2.75) is 32.1 Å². The largest absolute Gasteiger partial charge is 0.426 e. The van der Waals surface area contributed by atoms with Crippen LogP contribution in [-0.4, -0.2) is 10.5 Å². The van der Waals surface area contributed by atoms with Gasteiger partial charge in [0.25, 0.3) is 0 Å². The molecule has 0 atom stereocenters. The summed E-state index contributed by atoms with van der Waals surface area (Å²) in [6.45, 7) is 0. The van der Waals surface area contributed by atoms with Crippen LogP contribution in [0.25, 0.3) is 11.1 Å². The molecule has 0 aliphatic heterocycles. The van der Waals surface area contributed by atoms with Crippen molar-refractivity contribution in [3.8, 4) is 0 Å². The van der Waals surface area contributed by atoms with Crippen molar-refractivity contribution < 1.29 is 9.21 Å². The van der Waals surface area contributed by atoms with Crippen LogP contribution in [0.1, 0.15) is 36.9 Å². The lowest BCUT2D eigenvalue weighted by Gasteiger charge is -2.19. The molecule has 0 amide bonds. The molecule has 1 saturated carbocycles. The second kappa shape index (κ2) is 4.85. The van der Waals surface area contributed by atoms with E-state index in [4.69, 9.17) is 16.0 Å². The topological polar surface area (TPSA) is 52.2 Å². The number of nitrogens with zero attached hydrogens (tertiary/aromatic N) is 1. The highest BCUT2D eigenvalue weighted by atomic mass is 35.5. The first-order chi connectivity index (χ1) is 9.16. The van der Waals surface area contributed by atoms with E-state index in [0.29, 0.717) is 16.1 Å². The second-order valence-electron chi connectivity index (χ2n) is 4.99. The highest BCUT2D eigenvalue weighted by Gasteiger charge is 2.26. The summed E-state index contributed by atoms with van der Waals surface area (Å²) in [7, 11) is 0. The molecule has 0 bridgehead atoms. The monoisotopic (exact) mass is 279 g/mol. The van der Waals surface area contributed by atoms with Gasteiger partial charge in [-0.1, -0.05) is 30.9 Å². The van der Waals surface area contributed by atoms with E-state index < -0.39 is 5.76 Å². The fourth-order valence-electron chi connectivity index (χ4n) is 2.73. The Balaban J connectivity index is 2.06. The van der Waals surface area contributed by atoms with Crippen LogP contribution < -0.4 is 5.76 Å². The molecule has 1 aromatic carbocycles. The molecule has 3 rings (SSSR count). The van der Waals surface area contributed by atoms with Crippen LogP contribution in [0.4, 0.5) is 0 Å². The van der Waals surface area contributed by atoms with Gasteiger partial charge in [-0.3, -0.25) is 4.79 Å². The Bertz CT molecular complexity index is 680. The van der Waals surface area contributed by atoms with E-state index in [9.17, 15) is 9.59 Å². The molecule has 0 N–H and O–H groups in total. The number of hydrogen-bond acceptors (Lipinski definition) is 3. The van der Waals surface area contributed by atoms with Crippen molar-refractivity contribution in [3.63, 3.8) is 0 Å². The summed E-state index contributed by atoms with van der Waals surface area (Å²) in [6, 6.07) is 4.87. The normalized spacial score (nSPS) is 16.9. The Kier molecular flexibility index (Phi) is 3.19. The molecule has 0 spiro atoms. The summed E-state index contributed by atoms with van der Waals surface area (Å²) in [4.78, 5) is 24.3. The summed E-state index contributed by atoms with van der Waals surface area (Å²) in [5, 5.41) is 0.485. The summed E-state index contributed by atoms with van der Waals surface area (Å²) in [6.07, 6.45) is 4.97. The number of hydrogen-bond donors (Lipinski definition) is 0. The molecular weight excluding hydrogens is 266 g/mol. The van der Waals surface area contributed by atoms with Crippen LogP contribution >= 0.6 is 11.6 Å². The fourth-order valence-corrected chi connectivity index (χ4v) is 2.90. The van der Waals surface area contributed by atoms with Gasteiger partial charge in [0.1, 0.15) is 0 Å². The molecule has 4 nitrogen and oxygen atoms in total. The van der Waals surface area contributed by atoms with Gasteiger partial charge in [-0.05, 0) is 25.0 Å². The van der Waals surface area contributed by atoms with Crippen LogP contribution in [0, 0.1) is 5.92 Å². The molecule has 2 aromatic rings. The molecule has 1 aliphatic rings. The summed E-state index contributed by atoms with van der Waals surface area (Å²) in [5.41, 5.74) is 0.867. The van der Waals surface area contributed by atoms with Gasteiger partial charge >= 0.3 is 5.76 Å². The van der Waals surface area contributed by atoms with Crippen LogP contribution in [0.2, 0.25) is 5.02 Å².